The molecule has 1 heterocycles. The lowest BCUT2D eigenvalue weighted by Gasteiger charge is -2.05. The van der Waals surface area contributed by atoms with Crippen molar-refractivity contribution in [1.82, 2.24) is 0 Å². The van der Waals surface area contributed by atoms with E-state index in [0.717, 1.165) is 16.9 Å². The van der Waals surface area contributed by atoms with E-state index in [2.05, 4.69) is 38.1 Å². The first-order valence-corrected chi connectivity index (χ1v) is 7.07. The quantitative estimate of drug-likeness (QED) is 0.898. The second kappa shape index (κ2) is 5.45. The monoisotopic (exact) mass is 274 g/mol. The van der Waals surface area contributed by atoms with Crippen molar-refractivity contribution in [3.63, 3.8) is 0 Å². The van der Waals surface area contributed by atoms with Crippen LogP contribution >= 0.6 is 11.3 Å². The van der Waals surface area contributed by atoms with Crippen LogP contribution in [-0.2, 0) is 6.42 Å². The highest BCUT2D eigenvalue weighted by molar-refractivity contribution is 7.18. The second-order valence-electron chi connectivity index (χ2n) is 5.05. The summed E-state index contributed by atoms with van der Waals surface area (Å²) in [4.78, 5) is 12.6. The first-order chi connectivity index (χ1) is 8.97. The van der Waals surface area contributed by atoms with Gasteiger partial charge in [-0.15, -0.1) is 11.3 Å². The van der Waals surface area contributed by atoms with E-state index in [4.69, 9.17) is 11.5 Å². The predicted molar refractivity (Wildman–Crippen MR) is 81.2 cm³/mol. The van der Waals surface area contributed by atoms with Gasteiger partial charge < -0.3 is 11.5 Å². The van der Waals surface area contributed by atoms with E-state index < -0.39 is 5.91 Å². The van der Waals surface area contributed by atoms with Gasteiger partial charge in [0.15, 0.2) is 0 Å². The fourth-order valence-corrected chi connectivity index (χ4v) is 2.95. The van der Waals surface area contributed by atoms with Gasteiger partial charge in [-0.1, -0.05) is 38.1 Å². The van der Waals surface area contributed by atoms with Crippen molar-refractivity contribution in [1.29, 1.82) is 0 Å². The topological polar surface area (TPSA) is 69.1 Å². The van der Waals surface area contributed by atoms with E-state index in [0.29, 0.717) is 16.5 Å². The number of nitrogens with two attached hydrogens (primary N) is 2. The average molecular weight is 274 g/mol. The molecule has 0 saturated heterocycles. The van der Waals surface area contributed by atoms with Crippen molar-refractivity contribution in [3.8, 4) is 10.4 Å². The molecule has 0 fully saturated rings. The fraction of sp³-hybridized carbons (Fsp3) is 0.267. The highest BCUT2D eigenvalue weighted by atomic mass is 32.1. The van der Waals surface area contributed by atoms with Gasteiger partial charge in [0.2, 0.25) is 0 Å². The number of hydrogen-bond donors (Lipinski definition) is 2. The molecule has 1 amide bonds. The largest absolute Gasteiger partial charge is 0.397 e. The van der Waals surface area contributed by atoms with Gasteiger partial charge in [0.25, 0.3) is 5.91 Å². The van der Waals surface area contributed by atoms with Gasteiger partial charge in [0, 0.05) is 4.88 Å². The van der Waals surface area contributed by atoms with E-state index in [1.54, 1.807) is 0 Å². The zero-order valence-corrected chi connectivity index (χ0v) is 12.0. The number of carbonyl (C=O) groups excluding carboxylic acids is 1. The molecule has 1 aromatic heterocycles. The molecule has 0 bridgehead atoms. The lowest BCUT2D eigenvalue weighted by Crippen LogP contribution is -2.10. The molecule has 0 unspecified atom stereocenters. The highest BCUT2D eigenvalue weighted by Gasteiger charge is 2.12. The molecule has 0 spiro atoms. The molecular weight excluding hydrogens is 256 g/mol. The summed E-state index contributed by atoms with van der Waals surface area (Å²) in [5, 5.41) is 0. The molecule has 100 valence electrons. The van der Waals surface area contributed by atoms with Crippen LogP contribution < -0.4 is 11.5 Å². The fourth-order valence-electron chi connectivity index (χ4n) is 2.02. The van der Waals surface area contributed by atoms with Crippen molar-refractivity contribution in [2.75, 3.05) is 5.73 Å². The zero-order valence-electron chi connectivity index (χ0n) is 11.1. The Balaban J connectivity index is 2.27. The summed E-state index contributed by atoms with van der Waals surface area (Å²) in [5.41, 5.74) is 13.9. The van der Waals surface area contributed by atoms with Crippen LogP contribution in [0.25, 0.3) is 10.4 Å². The van der Waals surface area contributed by atoms with Gasteiger partial charge in [-0.3, -0.25) is 4.79 Å². The molecule has 0 aliphatic carbocycles. The van der Waals surface area contributed by atoms with E-state index in [-0.39, 0.29) is 0 Å². The molecule has 0 aliphatic heterocycles. The molecule has 0 atom stereocenters. The smallest absolute Gasteiger partial charge is 0.260 e. The standard InChI is InChI=1S/C15H18N2OS/c1-9(2)7-10-3-5-11(6-4-10)13-8-12(16)14(19-13)15(17)18/h3-6,8-9H,7,16H2,1-2H3,(H2,17,18). The van der Waals surface area contributed by atoms with Crippen LogP contribution in [0.4, 0.5) is 5.69 Å². The summed E-state index contributed by atoms with van der Waals surface area (Å²) < 4.78 is 0. The van der Waals surface area contributed by atoms with Gasteiger partial charge in [0.05, 0.1) is 5.69 Å². The Labute approximate surface area is 117 Å². The number of primary amides is 1. The Morgan fingerprint density at radius 2 is 1.89 bits per heavy atom. The van der Waals surface area contributed by atoms with Crippen LogP contribution in [-0.4, -0.2) is 5.91 Å². The van der Waals surface area contributed by atoms with E-state index >= 15 is 0 Å². The molecule has 1 aromatic carbocycles. The Morgan fingerprint density at radius 1 is 1.26 bits per heavy atom. The number of amides is 1. The minimum atomic E-state index is -0.467. The van der Waals surface area contributed by atoms with Crippen LogP contribution in [0.1, 0.15) is 29.1 Å². The Morgan fingerprint density at radius 3 is 2.37 bits per heavy atom. The number of hydrogen-bond acceptors (Lipinski definition) is 3. The number of thiophene rings is 1. The Bertz CT molecular complexity index is 585. The first kappa shape index (κ1) is 13.6. The normalized spacial score (nSPS) is 10.9. The number of carbonyl (C=O) groups is 1. The van der Waals surface area contributed by atoms with Crippen LogP contribution in [0.2, 0.25) is 0 Å². The molecule has 0 saturated carbocycles. The van der Waals surface area contributed by atoms with Gasteiger partial charge >= 0.3 is 0 Å². The van der Waals surface area contributed by atoms with Gasteiger partial charge in [-0.25, -0.2) is 0 Å². The molecule has 3 nitrogen and oxygen atoms in total. The number of nitrogen functional groups attached to an aromatic ring is 1. The van der Waals surface area contributed by atoms with E-state index in [9.17, 15) is 4.79 Å². The maximum Gasteiger partial charge on any atom is 0.260 e. The third kappa shape index (κ3) is 3.15. The molecule has 2 aromatic rings. The second-order valence-corrected chi connectivity index (χ2v) is 6.11. The summed E-state index contributed by atoms with van der Waals surface area (Å²) in [5.74, 6) is 0.176. The van der Waals surface area contributed by atoms with Crippen molar-refractivity contribution < 1.29 is 4.79 Å². The van der Waals surface area contributed by atoms with E-state index in [1.165, 1.54) is 16.9 Å². The number of benzene rings is 1. The Kier molecular flexibility index (Phi) is 3.90. The van der Waals surface area contributed by atoms with Gasteiger partial charge in [-0.2, -0.15) is 0 Å². The third-order valence-electron chi connectivity index (χ3n) is 2.87. The third-order valence-corrected chi connectivity index (χ3v) is 4.08. The molecular formula is C15H18N2OS. The van der Waals surface area contributed by atoms with Gasteiger partial charge in [0.1, 0.15) is 4.88 Å². The predicted octanol–water partition coefficient (Wildman–Crippen LogP) is 3.29. The summed E-state index contributed by atoms with van der Waals surface area (Å²) in [7, 11) is 0. The highest BCUT2D eigenvalue weighted by Crippen LogP contribution is 2.33. The van der Waals surface area contributed by atoms with Crippen LogP contribution in [0.15, 0.2) is 30.3 Å². The summed E-state index contributed by atoms with van der Waals surface area (Å²) >= 11 is 1.34. The summed E-state index contributed by atoms with van der Waals surface area (Å²) in [6, 6.07) is 10.2. The lowest BCUT2D eigenvalue weighted by atomic mass is 10.0. The summed E-state index contributed by atoms with van der Waals surface area (Å²) in [6.45, 7) is 4.40. The van der Waals surface area contributed by atoms with Crippen molar-refractivity contribution >= 4 is 22.9 Å². The van der Waals surface area contributed by atoms with E-state index in [1.807, 2.05) is 6.07 Å². The maximum atomic E-state index is 11.2. The lowest BCUT2D eigenvalue weighted by molar-refractivity contribution is 0.100. The van der Waals surface area contributed by atoms with Crippen molar-refractivity contribution in [2.24, 2.45) is 11.7 Å². The molecule has 4 heteroatoms. The van der Waals surface area contributed by atoms with Gasteiger partial charge in [-0.05, 0) is 29.5 Å². The number of anilines is 1. The van der Waals surface area contributed by atoms with Crippen LogP contribution in [0.5, 0.6) is 0 Å². The zero-order chi connectivity index (χ0) is 14.0. The van der Waals surface area contributed by atoms with Crippen molar-refractivity contribution in [3.05, 3.63) is 40.8 Å². The first-order valence-electron chi connectivity index (χ1n) is 6.25. The Hall–Kier alpha value is -1.81. The van der Waals surface area contributed by atoms with Crippen LogP contribution in [0.3, 0.4) is 0 Å². The molecule has 0 radical (unpaired) electrons. The molecule has 0 aliphatic rings. The summed E-state index contributed by atoms with van der Waals surface area (Å²) in [6.07, 6.45) is 1.07. The molecule has 2 rings (SSSR count). The van der Waals surface area contributed by atoms with Crippen molar-refractivity contribution in [2.45, 2.75) is 20.3 Å². The molecule has 4 N–H and O–H groups in total. The minimum Gasteiger partial charge on any atom is -0.397 e. The molecule has 19 heavy (non-hydrogen) atoms. The average Bonchev–Trinajstić information content (AvgIpc) is 2.71. The van der Waals surface area contributed by atoms with Crippen LogP contribution in [0, 0.1) is 5.92 Å². The minimum absolute atomic E-state index is 0.432. The SMILES string of the molecule is CC(C)Cc1ccc(-c2cc(N)c(C(N)=O)s2)cc1. The number of rotatable bonds is 4. The maximum absolute atomic E-state index is 11.2.